The van der Waals surface area contributed by atoms with Crippen LogP contribution in [-0.4, -0.2) is 36.5 Å². The van der Waals surface area contributed by atoms with Crippen molar-refractivity contribution < 1.29 is 4.79 Å². The summed E-state index contributed by atoms with van der Waals surface area (Å²) in [6, 6.07) is 0.542. The van der Waals surface area contributed by atoms with Gasteiger partial charge in [0.1, 0.15) is 0 Å². The SMILES string of the molecule is CC(C)CC(CNC(=O)C1CCCC1)N1CCCCC1. The van der Waals surface area contributed by atoms with Gasteiger partial charge in [-0.05, 0) is 51.1 Å². The van der Waals surface area contributed by atoms with Gasteiger partial charge in [0.2, 0.25) is 5.91 Å². The molecule has 3 heteroatoms. The van der Waals surface area contributed by atoms with Crippen molar-refractivity contribution in [2.45, 2.75) is 71.3 Å². The van der Waals surface area contributed by atoms with Gasteiger partial charge in [-0.3, -0.25) is 9.69 Å². The summed E-state index contributed by atoms with van der Waals surface area (Å²) in [6.45, 7) is 7.87. The molecule has 1 atom stereocenters. The Morgan fingerprint density at radius 3 is 2.35 bits per heavy atom. The maximum atomic E-state index is 12.2. The molecule has 1 heterocycles. The quantitative estimate of drug-likeness (QED) is 0.810. The molecule has 1 aliphatic heterocycles. The molecule has 20 heavy (non-hydrogen) atoms. The molecule has 0 bridgehead atoms. The summed E-state index contributed by atoms with van der Waals surface area (Å²) in [6.07, 6.45) is 9.90. The lowest BCUT2D eigenvalue weighted by Crippen LogP contribution is -2.47. The Hall–Kier alpha value is -0.570. The van der Waals surface area contributed by atoms with Crippen LogP contribution in [0.3, 0.4) is 0 Å². The van der Waals surface area contributed by atoms with Crippen LogP contribution >= 0.6 is 0 Å². The molecule has 1 N–H and O–H groups in total. The van der Waals surface area contributed by atoms with Crippen LogP contribution in [0.1, 0.15) is 65.2 Å². The number of hydrogen-bond acceptors (Lipinski definition) is 2. The lowest BCUT2D eigenvalue weighted by Gasteiger charge is -2.35. The fraction of sp³-hybridized carbons (Fsp3) is 0.941. The van der Waals surface area contributed by atoms with Crippen LogP contribution in [0, 0.1) is 11.8 Å². The maximum Gasteiger partial charge on any atom is 0.223 e. The van der Waals surface area contributed by atoms with Crippen molar-refractivity contribution in [1.29, 1.82) is 0 Å². The fourth-order valence-electron chi connectivity index (χ4n) is 3.74. The second kappa shape index (κ2) is 8.02. The molecule has 2 rings (SSSR count). The minimum absolute atomic E-state index is 0.302. The Labute approximate surface area is 124 Å². The maximum absolute atomic E-state index is 12.2. The average molecular weight is 280 g/mol. The van der Waals surface area contributed by atoms with Gasteiger partial charge in [0.15, 0.2) is 0 Å². The minimum atomic E-state index is 0.302. The summed E-state index contributed by atoms with van der Waals surface area (Å²) >= 11 is 0. The predicted molar refractivity (Wildman–Crippen MR) is 83.6 cm³/mol. The number of piperidine rings is 1. The van der Waals surface area contributed by atoms with Crippen LogP contribution in [0.25, 0.3) is 0 Å². The molecule has 116 valence electrons. The summed E-state index contributed by atoms with van der Waals surface area (Å²) in [7, 11) is 0. The third-order valence-corrected chi connectivity index (χ3v) is 4.89. The number of hydrogen-bond donors (Lipinski definition) is 1. The highest BCUT2D eigenvalue weighted by Crippen LogP contribution is 2.25. The molecule has 1 unspecified atom stereocenters. The van der Waals surface area contributed by atoms with Crippen LogP contribution in [0.5, 0.6) is 0 Å². The molecule has 1 saturated heterocycles. The van der Waals surface area contributed by atoms with Crippen molar-refractivity contribution in [2.24, 2.45) is 11.8 Å². The minimum Gasteiger partial charge on any atom is -0.354 e. The molecule has 1 saturated carbocycles. The van der Waals surface area contributed by atoms with Gasteiger partial charge in [-0.25, -0.2) is 0 Å². The molecule has 0 radical (unpaired) electrons. The summed E-state index contributed by atoms with van der Waals surface area (Å²) < 4.78 is 0. The third-order valence-electron chi connectivity index (χ3n) is 4.89. The molecule has 0 aromatic heterocycles. The average Bonchev–Trinajstić information content (AvgIpc) is 2.98. The number of nitrogens with zero attached hydrogens (tertiary/aromatic N) is 1. The van der Waals surface area contributed by atoms with Crippen LogP contribution < -0.4 is 5.32 Å². The van der Waals surface area contributed by atoms with Crippen molar-refractivity contribution in [3.8, 4) is 0 Å². The Morgan fingerprint density at radius 2 is 1.75 bits per heavy atom. The van der Waals surface area contributed by atoms with E-state index in [0.717, 1.165) is 19.4 Å². The first-order chi connectivity index (χ1) is 9.66. The van der Waals surface area contributed by atoms with E-state index in [0.29, 0.717) is 23.8 Å². The van der Waals surface area contributed by atoms with Gasteiger partial charge < -0.3 is 5.32 Å². The van der Waals surface area contributed by atoms with E-state index < -0.39 is 0 Å². The zero-order valence-corrected chi connectivity index (χ0v) is 13.4. The third kappa shape index (κ3) is 4.76. The van der Waals surface area contributed by atoms with Crippen molar-refractivity contribution in [1.82, 2.24) is 10.2 Å². The number of carbonyl (C=O) groups excluding carboxylic acids is 1. The van der Waals surface area contributed by atoms with E-state index in [9.17, 15) is 4.79 Å². The van der Waals surface area contributed by atoms with Crippen LogP contribution in [0.2, 0.25) is 0 Å². The number of carbonyl (C=O) groups is 1. The lowest BCUT2D eigenvalue weighted by atomic mass is 9.99. The van der Waals surface area contributed by atoms with Gasteiger partial charge in [0.05, 0.1) is 0 Å². The first kappa shape index (κ1) is 15.8. The van der Waals surface area contributed by atoms with Crippen molar-refractivity contribution in [3.63, 3.8) is 0 Å². The van der Waals surface area contributed by atoms with Crippen LogP contribution in [0.4, 0.5) is 0 Å². The van der Waals surface area contributed by atoms with Gasteiger partial charge in [0.25, 0.3) is 0 Å². The van der Waals surface area contributed by atoms with Crippen molar-refractivity contribution in [2.75, 3.05) is 19.6 Å². The second-order valence-electron chi connectivity index (χ2n) is 7.11. The largest absolute Gasteiger partial charge is 0.354 e. The molecule has 1 aliphatic carbocycles. The van der Waals surface area contributed by atoms with E-state index in [1.165, 1.54) is 51.6 Å². The Balaban J connectivity index is 1.81. The van der Waals surface area contributed by atoms with Gasteiger partial charge >= 0.3 is 0 Å². The zero-order chi connectivity index (χ0) is 14.4. The zero-order valence-electron chi connectivity index (χ0n) is 13.4. The smallest absolute Gasteiger partial charge is 0.223 e. The molecule has 0 aromatic carbocycles. The number of rotatable bonds is 6. The highest BCUT2D eigenvalue weighted by atomic mass is 16.1. The van der Waals surface area contributed by atoms with E-state index in [1.54, 1.807) is 0 Å². The van der Waals surface area contributed by atoms with E-state index >= 15 is 0 Å². The summed E-state index contributed by atoms with van der Waals surface area (Å²) in [4.78, 5) is 14.8. The molecular weight excluding hydrogens is 248 g/mol. The molecule has 2 aliphatic rings. The lowest BCUT2D eigenvalue weighted by molar-refractivity contribution is -0.125. The van der Waals surface area contributed by atoms with Crippen molar-refractivity contribution >= 4 is 5.91 Å². The fourth-order valence-corrected chi connectivity index (χ4v) is 3.74. The Kier molecular flexibility index (Phi) is 6.34. The predicted octanol–water partition coefficient (Wildman–Crippen LogP) is 3.19. The highest BCUT2D eigenvalue weighted by molar-refractivity contribution is 5.78. The van der Waals surface area contributed by atoms with Gasteiger partial charge in [-0.1, -0.05) is 33.1 Å². The molecule has 0 aromatic rings. The summed E-state index contributed by atoms with van der Waals surface area (Å²) in [5, 5.41) is 3.25. The van der Waals surface area contributed by atoms with Crippen molar-refractivity contribution in [3.05, 3.63) is 0 Å². The van der Waals surface area contributed by atoms with E-state index in [1.807, 2.05) is 0 Å². The second-order valence-corrected chi connectivity index (χ2v) is 7.11. The molecule has 1 amide bonds. The summed E-state index contributed by atoms with van der Waals surface area (Å²) in [5.74, 6) is 1.31. The highest BCUT2D eigenvalue weighted by Gasteiger charge is 2.25. The van der Waals surface area contributed by atoms with Gasteiger partial charge in [0, 0.05) is 18.5 Å². The van der Waals surface area contributed by atoms with E-state index in [4.69, 9.17) is 0 Å². The van der Waals surface area contributed by atoms with E-state index in [-0.39, 0.29) is 0 Å². The first-order valence-electron chi connectivity index (χ1n) is 8.68. The van der Waals surface area contributed by atoms with Gasteiger partial charge in [-0.2, -0.15) is 0 Å². The van der Waals surface area contributed by atoms with E-state index in [2.05, 4.69) is 24.1 Å². The molecular formula is C17H32N2O. The normalized spacial score (nSPS) is 23.1. The standard InChI is InChI=1S/C17H32N2O/c1-14(2)12-16(19-10-6-3-7-11-19)13-18-17(20)15-8-4-5-9-15/h14-16H,3-13H2,1-2H3,(H,18,20). The van der Waals surface area contributed by atoms with Crippen LogP contribution in [-0.2, 0) is 4.79 Å². The topological polar surface area (TPSA) is 32.3 Å². The number of likely N-dealkylation sites (tertiary alicyclic amines) is 1. The summed E-state index contributed by atoms with van der Waals surface area (Å²) in [5.41, 5.74) is 0. The molecule has 2 fully saturated rings. The van der Waals surface area contributed by atoms with Gasteiger partial charge in [-0.15, -0.1) is 0 Å². The number of amides is 1. The Bertz CT molecular complexity index is 291. The first-order valence-corrected chi connectivity index (χ1v) is 8.68. The molecule has 3 nitrogen and oxygen atoms in total. The monoisotopic (exact) mass is 280 g/mol. The Morgan fingerprint density at radius 1 is 1.10 bits per heavy atom. The molecule has 0 spiro atoms. The number of nitrogens with one attached hydrogen (secondary N) is 1. The van der Waals surface area contributed by atoms with Crippen LogP contribution in [0.15, 0.2) is 0 Å².